The van der Waals surface area contributed by atoms with Gasteiger partial charge in [0.2, 0.25) is 0 Å². The molecular weight excluding hydrogens is 472 g/mol. The third-order valence-corrected chi connectivity index (χ3v) is 11.7. The number of hydrogen-bond donors (Lipinski definition) is 0. The first-order chi connectivity index (χ1) is 17.8. The van der Waals surface area contributed by atoms with Crippen molar-refractivity contribution in [2.75, 3.05) is 6.61 Å². The average molecular weight is 521 g/mol. The van der Waals surface area contributed by atoms with E-state index in [1.54, 1.807) is 0 Å². The molecule has 1 unspecified atom stereocenters. The van der Waals surface area contributed by atoms with E-state index in [1.165, 1.54) is 29.6 Å². The molecule has 0 fully saturated rings. The van der Waals surface area contributed by atoms with Crippen LogP contribution in [0.2, 0.25) is 5.04 Å². The van der Waals surface area contributed by atoms with Gasteiger partial charge in [0.05, 0.1) is 19.1 Å². The standard InChI is InChI=1S/C33H48O3Si/c1-6-8-9-10-11-12-13-14-17-22-29(28-32(34)35-27-7-2)36-37(33(3,4)5,30-23-18-15-19-24-30)31-25-20-16-21-26-31/h11-12,14-21,23-26,29H,6-10,13,22,27-28H2,1-5H3/b12-11-,17-14-. The molecule has 0 aliphatic rings. The molecule has 0 radical (unpaired) electrons. The van der Waals surface area contributed by atoms with Gasteiger partial charge < -0.3 is 9.16 Å². The van der Waals surface area contributed by atoms with E-state index in [-0.39, 0.29) is 23.5 Å². The molecule has 0 spiro atoms. The first-order valence-electron chi connectivity index (χ1n) is 14.1. The van der Waals surface area contributed by atoms with E-state index in [0.717, 1.165) is 19.3 Å². The molecule has 0 bridgehead atoms. The van der Waals surface area contributed by atoms with Gasteiger partial charge in [0, 0.05) is 0 Å². The minimum Gasteiger partial charge on any atom is -0.466 e. The van der Waals surface area contributed by atoms with E-state index in [0.29, 0.717) is 13.0 Å². The maximum Gasteiger partial charge on any atom is 0.308 e. The van der Waals surface area contributed by atoms with Crippen molar-refractivity contribution in [1.29, 1.82) is 0 Å². The molecule has 0 saturated carbocycles. The largest absolute Gasteiger partial charge is 0.466 e. The van der Waals surface area contributed by atoms with Gasteiger partial charge in [0.25, 0.3) is 8.32 Å². The summed E-state index contributed by atoms with van der Waals surface area (Å²) in [6.45, 7) is 11.5. The van der Waals surface area contributed by atoms with E-state index in [1.807, 2.05) is 6.92 Å². The molecule has 0 aliphatic carbocycles. The second-order valence-electron chi connectivity index (χ2n) is 10.7. The summed E-state index contributed by atoms with van der Waals surface area (Å²) in [6, 6.07) is 21.2. The van der Waals surface area contributed by atoms with Crippen molar-refractivity contribution in [3.05, 3.63) is 85.0 Å². The predicted octanol–water partition coefficient (Wildman–Crippen LogP) is 7.75. The van der Waals surface area contributed by atoms with Crippen LogP contribution in [0.25, 0.3) is 0 Å². The predicted molar refractivity (Wildman–Crippen MR) is 160 cm³/mol. The second kappa shape index (κ2) is 16.4. The van der Waals surface area contributed by atoms with Crippen LogP contribution < -0.4 is 10.4 Å². The van der Waals surface area contributed by atoms with Crippen molar-refractivity contribution in [2.24, 2.45) is 0 Å². The van der Waals surface area contributed by atoms with E-state index in [2.05, 4.69) is 113 Å². The molecule has 37 heavy (non-hydrogen) atoms. The fourth-order valence-electron chi connectivity index (χ4n) is 4.72. The Morgan fingerprint density at radius 3 is 1.97 bits per heavy atom. The van der Waals surface area contributed by atoms with Crippen LogP contribution in [-0.2, 0) is 14.0 Å². The number of unbranched alkanes of at least 4 members (excludes halogenated alkanes) is 3. The molecular formula is C33H48O3Si. The van der Waals surface area contributed by atoms with E-state index in [4.69, 9.17) is 9.16 Å². The number of rotatable bonds is 16. The first-order valence-corrected chi connectivity index (χ1v) is 16.0. The van der Waals surface area contributed by atoms with E-state index < -0.39 is 8.32 Å². The van der Waals surface area contributed by atoms with Crippen molar-refractivity contribution in [2.45, 2.75) is 97.1 Å². The molecule has 1 atom stereocenters. The Morgan fingerprint density at radius 2 is 1.43 bits per heavy atom. The molecule has 0 aliphatic heterocycles. The lowest BCUT2D eigenvalue weighted by Gasteiger charge is -2.45. The Labute approximate surface area is 227 Å². The van der Waals surface area contributed by atoms with Gasteiger partial charge in [-0.3, -0.25) is 4.79 Å². The number of ether oxygens (including phenoxy) is 1. The van der Waals surface area contributed by atoms with Crippen LogP contribution >= 0.6 is 0 Å². The summed E-state index contributed by atoms with van der Waals surface area (Å²) in [5.74, 6) is -0.186. The van der Waals surface area contributed by atoms with Crippen molar-refractivity contribution >= 4 is 24.7 Å². The fraction of sp³-hybridized carbons (Fsp3) is 0.485. The number of carbonyl (C=O) groups excluding carboxylic acids is 1. The van der Waals surface area contributed by atoms with Crippen molar-refractivity contribution in [3.63, 3.8) is 0 Å². The Morgan fingerprint density at radius 1 is 0.838 bits per heavy atom. The zero-order chi connectivity index (χ0) is 27.0. The van der Waals surface area contributed by atoms with Gasteiger partial charge in [-0.05, 0) is 47.5 Å². The monoisotopic (exact) mass is 520 g/mol. The zero-order valence-corrected chi connectivity index (χ0v) is 24.7. The number of carbonyl (C=O) groups is 1. The highest BCUT2D eigenvalue weighted by Crippen LogP contribution is 2.38. The lowest BCUT2D eigenvalue weighted by Crippen LogP contribution is -2.67. The minimum absolute atomic E-state index is 0.147. The summed E-state index contributed by atoms with van der Waals surface area (Å²) in [4.78, 5) is 12.8. The van der Waals surface area contributed by atoms with Gasteiger partial charge in [-0.1, -0.05) is 132 Å². The number of benzene rings is 2. The van der Waals surface area contributed by atoms with Gasteiger partial charge in [-0.15, -0.1) is 0 Å². The molecule has 0 N–H and O–H groups in total. The molecule has 3 nitrogen and oxygen atoms in total. The normalized spacial score (nSPS) is 13.3. The highest BCUT2D eigenvalue weighted by atomic mass is 28.4. The molecule has 0 amide bonds. The second-order valence-corrected chi connectivity index (χ2v) is 15.0. The molecule has 0 aromatic heterocycles. The topological polar surface area (TPSA) is 35.5 Å². The molecule has 2 aromatic rings. The van der Waals surface area contributed by atoms with Gasteiger partial charge in [-0.25, -0.2) is 0 Å². The van der Waals surface area contributed by atoms with Crippen LogP contribution in [-0.4, -0.2) is 27.0 Å². The van der Waals surface area contributed by atoms with E-state index in [9.17, 15) is 4.79 Å². The number of esters is 1. The quantitative estimate of drug-likeness (QED) is 0.0982. The average Bonchev–Trinajstić information content (AvgIpc) is 2.89. The summed E-state index contributed by atoms with van der Waals surface area (Å²) in [7, 11) is -2.76. The lowest BCUT2D eigenvalue weighted by atomic mass is 10.1. The van der Waals surface area contributed by atoms with Crippen LogP contribution in [0.3, 0.4) is 0 Å². The summed E-state index contributed by atoms with van der Waals surface area (Å²) >= 11 is 0. The zero-order valence-electron chi connectivity index (χ0n) is 23.7. The van der Waals surface area contributed by atoms with E-state index >= 15 is 0 Å². The Bertz CT molecular complexity index is 905. The number of allylic oxidation sites excluding steroid dienone is 3. The summed E-state index contributed by atoms with van der Waals surface area (Å²) in [5.41, 5.74) is 0. The van der Waals surface area contributed by atoms with Gasteiger partial charge in [-0.2, -0.15) is 0 Å². The molecule has 2 rings (SSSR count). The first kappa shape index (κ1) is 30.8. The van der Waals surface area contributed by atoms with Crippen molar-refractivity contribution < 1.29 is 14.0 Å². The third-order valence-electron chi connectivity index (χ3n) is 6.60. The minimum atomic E-state index is -2.76. The van der Waals surface area contributed by atoms with Crippen LogP contribution in [0.4, 0.5) is 0 Å². The van der Waals surface area contributed by atoms with Crippen LogP contribution in [0.15, 0.2) is 85.0 Å². The number of hydrogen-bond acceptors (Lipinski definition) is 3. The smallest absolute Gasteiger partial charge is 0.308 e. The highest BCUT2D eigenvalue weighted by molar-refractivity contribution is 6.99. The fourth-order valence-corrected chi connectivity index (χ4v) is 9.42. The van der Waals surface area contributed by atoms with Gasteiger partial charge in [0.15, 0.2) is 0 Å². The van der Waals surface area contributed by atoms with Gasteiger partial charge in [0.1, 0.15) is 0 Å². The molecule has 2 aromatic carbocycles. The van der Waals surface area contributed by atoms with Crippen LogP contribution in [0.1, 0.15) is 86.0 Å². The van der Waals surface area contributed by atoms with Gasteiger partial charge >= 0.3 is 5.97 Å². The SMILES string of the molecule is CCCCC/C=C\C/C=C\CC(CC(=O)OCCC)O[Si](c1ccccc1)(c1ccccc1)C(C)(C)C. The summed E-state index contributed by atoms with van der Waals surface area (Å²) < 4.78 is 12.8. The summed E-state index contributed by atoms with van der Waals surface area (Å²) in [5, 5.41) is 2.30. The highest BCUT2D eigenvalue weighted by Gasteiger charge is 2.51. The van der Waals surface area contributed by atoms with Crippen molar-refractivity contribution in [1.82, 2.24) is 0 Å². The Balaban J connectivity index is 2.34. The summed E-state index contributed by atoms with van der Waals surface area (Å²) in [6.07, 6.45) is 16.2. The molecule has 202 valence electrons. The van der Waals surface area contributed by atoms with Crippen LogP contribution in [0.5, 0.6) is 0 Å². The van der Waals surface area contributed by atoms with Crippen molar-refractivity contribution in [3.8, 4) is 0 Å². The maximum absolute atomic E-state index is 12.8. The van der Waals surface area contributed by atoms with Crippen LogP contribution in [0, 0.1) is 0 Å². The lowest BCUT2D eigenvalue weighted by molar-refractivity contribution is -0.145. The molecule has 4 heteroatoms. The molecule has 0 saturated heterocycles. The maximum atomic E-state index is 12.8. The Hall–Kier alpha value is -2.43. The Kier molecular flexibility index (Phi) is 13.7. The molecule has 0 heterocycles. The third kappa shape index (κ3) is 9.75.